The van der Waals surface area contributed by atoms with Crippen LogP contribution < -0.4 is 0 Å². The molecule has 1 unspecified atom stereocenters. The third kappa shape index (κ3) is 3.80. The first kappa shape index (κ1) is 16.2. The molecule has 0 spiro atoms. The third-order valence-electron chi connectivity index (χ3n) is 4.01. The fourth-order valence-electron chi connectivity index (χ4n) is 2.70. The van der Waals surface area contributed by atoms with Gasteiger partial charge >= 0.3 is 0 Å². The Morgan fingerprint density at radius 2 is 1.84 bits per heavy atom. The van der Waals surface area contributed by atoms with Crippen molar-refractivity contribution in [1.82, 2.24) is 0 Å². The van der Waals surface area contributed by atoms with E-state index in [1.165, 1.54) is 5.56 Å². The molecule has 0 fully saturated rings. The summed E-state index contributed by atoms with van der Waals surface area (Å²) in [6, 6.07) is 8.27. The number of rotatable bonds is 7. The van der Waals surface area contributed by atoms with Crippen LogP contribution in [0.3, 0.4) is 0 Å². The molecule has 0 heterocycles. The van der Waals surface area contributed by atoms with E-state index in [2.05, 4.69) is 39.8 Å². The van der Waals surface area contributed by atoms with E-state index >= 15 is 0 Å². The number of methoxy groups -OCH3 is 1. The van der Waals surface area contributed by atoms with Gasteiger partial charge in [0, 0.05) is 7.11 Å². The van der Waals surface area contributed by atoms with E-state index in [0.717, 1.165) is 24.8 Å². The van der Waals surface area contributed by atoms with Crippen molar-refractivity contribution in [2.24, 2.45) is 5.92 Å². The van der Waals surface area contributed by atoms with E-state index in [4.69, 9.17) is 4.74 Å². The van der Waals surface area contributed by atoms with Gasteiger partial charge in [-0.25, -0.2) is 0 Å². The summed E-state index contributed by atoms with van der Waals surface area (Å²) in [4.78, 5) is 0. The highest BCUT2D eigenvalue weighted by atomic mass is 16.5. The van der Waals surface area contributed by atoms with E-state index in [0.29, 0.717) is 5.92 Å². The summed E-state index contributed by atoms with van der Waals surface area (Å²) in [5.74, 6) is 0.622. The fraction of sp³-hybridized carbons (Fsp3) is 0.647. The largest absolute Gasteiger partial charge is 0.385 e. The Balaban J connectivity index is 3.01. The molecular weight excluding hydrogens is 236 g/mol. The van der Waals surface area contributed by atoms with Crippen molar-refractivity contribution in [3.8, 4) is 0 Å². The predicted molar refractivity (Wildman–Crippen MR) is 80.3 cm³/mol. The van der Waals surface area contributed by atoms with Crippen molar-refractivity contribution in [1.29, 1.82) is 0 Å². The van der Waals surface area contributed by atoms with Gasteiger partial charge in [-0.2, -0.15) is 0 Å². The Bertz CT molecular complexity index is 372. The Morgan fingerprint density at radius 3 is 2.32 bits per heavy atom. The molecule has 1 aromatic carbocycles. The molecule has 1 aromatic rings. The first-order valence-electron chi connectivity index (χ1n) is 7.31. The highest BCUT2D eigenvalue weighted by molar-refractivity contribution is 5.27. The summed E-state index contributed by atoms with van der Waals surface area (Å²) in [5.41, 5.74) is 1.77. The second-order valence-corrected chi connectivity index (χ2v) is 5.72. The maximum atomic E-state index is 10.7. The minimum absolute atomic E-state index is 0.476. The number of benzene rings is 1. The van der Waals surface area contributed by atoms with Gasteiger partial charge in [0.05, 0.1) is 5.60 Å². The van der Waals surface area contributed by atoms with Crippen molar-refractivity contribution in [3.05, 3.63) is 35.4 Å². The first-order chi connectivity index (χ1) is 8.99. The average Bonchev–Trinajstić information content (AvgIpc) is 2.40. The number of hydrogen-bond acceptors (Lipinski definition) is 2. The molecule has 0 amide bonds. The quantitative estimate of drug-likeness (QED) is 0.802. The van der Waals surface area contributed by atoms with Gasteiger partial charge in [0.15, 0.2) is 0 Å². The molecule has 0 aliphatic rings. The summed E-state index contributed by atoms with van der Waals surface area (Å²) >= 11 is 0. The number of hydrogen-bond donors (Lipinski definition) is 1. The van der Waals surface area contributed by atoms with Crippen LogP contribution in [0.4, 0.5) is 0 Å². The first-order valence-corrected chi connectivity index (χ1v) is 7.31. The summed E-state index contributed by atoms with van der Waals surface area (Å²) in [6.07, 6.45) is 2.07. The van der Waals surface area contributed by atoms with Crippen LogP contribution in [-0.2, 0) is 11.2 Å². The van der Waals surface area contributed by atoms with Gasteiger partial charge < -0.3 is 9.84 Å². The highest BCUT2D eigenvalue weighted by Crippen LogP contribution is 2.35. The lowest BCUT2D eigenvalue weighted by atomic mass is 9.85. The molecule has 108 valence electrons. The van der Waals surface area contributed by atoms with Crippen molar-refractivity contribution >= 4 is 0 Å². The highest BCUT2D eigenvalue weighted by Gasteiger charge is 2.35. The SMILES string of the molecule is CCC(CC)(OC)C(O)c1cccc(CC(C)C)c1. The summed E-state index contributed by atoms with van der Waals surface area (Å²) < 4.78 is 5.62. The zero-order valence-electron chi connectivity index (χ0n) is 12.9. The standard InChI is InChI=1S/C17H28O2/c1-6-17(7-2,19-5)16(18)15-10-8-9-14(12-15)11-13(3)4/h8-10,12-13,16,18H,6-7,11H2,1-5H3. The maximum absolute atomic E-state index is 10.7. The van der Waals surface area contributed by atoms with Crippen LogP contribution in [0.5, 0.6) is 0 Å². The number of ether oxygens (including phenoxy) is 1. The topological polar surface area (TPSA) is 29.5 Å². The van der Waals surface area contributed by atoms with Crippen LogP contribution in [0, 0.1) is 5.92 Å². The Morgan fingerprint density at radius 1 is 1.21 bits per heavy atom. The summed E-state index contributed by atoms with van der Waals surface area (Å²) in [6.45, 7) is 8.55. The lowest BCUT2D eigenvalue weighted by Crippen LogP contribution is -2.37. The van der Waals surface area contributed by atoms with Crippen LogP contribution in [0.1, 0.15) is 57.8 Å². The molecule has 19 heavy (non-hydrogen) atoms. The van der Waals surface area contributed by atoms with Gasteiger partial charge in [-0.15, -0.1) is 0 Å². The maximum Gasteiger partial charge on any atom is 0.108 e. The second-order valence-electron chi connectivity index (χ2n) is 5.72. The fourth-order valence-corrected chi connectivity index (χ4v) is 2.70. The van der Waals surface area contributed by atoms with E-state index in [-0.39, 0.29) is 0 Å². The van der Waals surface area contributed by atoms with Gasteiger partial charge in [-0.3, -0.25) is 0 Å². The van der Waals surface area contributed by atoms with Gasteiger partial charge in [0.1, 0.15) is 6.10 Å². The minimum Gasteiger partial charge on any atom is -0.385 e. The van der Waals surface area contributed by atoms with E-state index in [1.54, 1.807) is 7.11 Å². The van der Waals surface area contributed by atoms with E-state index in [1.807, 2.05) is 12.1 Å². The summed E-state index contributed by atoms with van der Waals surface area (Å²) in [5, 5.41) is 10.7. The molecule has 1 atom stereocenters. The van der Waals surface area contributed by atoms with E-state index in [9.17, 15) is 5.11 Å². The van der Waals surface area contributed by atoms with Gasteiger partial charge in [0.2, 0.25) is 0 Å². The molecule has 1 N–H and O–H groups in total. The van der Waals surface area contributed by atoms with Gasteiger partial charge in [-0.05, 0) is 36.3 Å². The molecule has 0 aliphatic carbocycles. The van der Waals surface area contributed by atoms with Crippen LogP contribution in [0.15, 0.2) is 24.3 Å². The summed E-state index contributed by atoms with van der Waals surface area (Å²) in [7, 11) is 1.69. The third-order valence-corrected chi connectivity index (χ3v) is 4.01. The van der Waals surface area contributed by atoms with Crippen LogP contribution in [-0.4, -0.2) is 17.8 Å². The molecular formula is C17H28O2. The average molecular weight is 264 g/mol. The molecule has 0 aromatic heterocycles. The van der Waals surface area contributed by atoms with Gasteiger partial charge in [0.25, 0.3) is 0 Å². The van der Waals surface area contributed by atoms with Crippen LogP contribution in [0.25, 0.3) is 0 Å². The van der Waals surface area contributed by atoms with Crippen molar-refractivity contribution in [2.45, 2.75) is 58.7 Å². The van der Waals surface area contributed by atoms with Crippen molar-refractivity contribution in [3.63, 3.8) is 0 Å². The molecule has 1 rings (SSSR count). The molecule has 2 heteroatoms. The normalized spacial score (nSPS) is 13.8. The molecule has 0 saturated carbocycles. The monoisotopic (exact) mass is 264 g/mol. The van der Waals surface area contributed by atoms with Crippen LogP contribution >= 0.6 is 0 Å². The predicted octanol–water partition coefficient (Wildman–Crippen LogP) is 4.12. The number of aliphatic hydroxyl groups excluding tert-OH is 1. The lowest BCUT2D eigenvalue weighted by molar-refractivity contribution is -0.109. The Hall–Kier alpha value is -0.860. The number of aliphatic hydroxyl groups is 1. The smallest absolute Gasteiger partial charge is 0.108 e. The minimum atomic E-state index is -0.570. The molecule has 0 aliphatic heterocycles. The molecule has 2 nitrogen and oxygen atoms in total. The zero-order valence-corrected chi connectivity index (χ0v) is 12.9. The zero-order chi connectivity index (χ0) is 14.5. The Kier molecular flexibility index (Phi) is 6.02. The Labute approximate surface area is 117 Å². The van der Waals surface area contributed by atoms with Crippen molar-refractivity contribution in [2.75, 3.05) is 7.11 Å². The molecule has 0 bridgehead atoms. The molecule has 0 saturated heterocycles. The van der Waals surface area contributed by atoms with Crippen LogP contribution in [0.2, 0.25) is 0 Å². The lowest BCUT2D eigenvalue weighted by Gasteiger charge is -2.35. The van der Waals surface area contributed by atoms with E-state index < -0.39 is 11.7 Å². The molecule has 0 radical (unpaired) electrons. The second kappa shape index (κ2) is 7.06. The van der Waals surface area contributed by atoms with Crippen molar-refractivity contribution < 1.29 is 9.84 Å². The van der Waals surface area contributed by atoms with Gasteiger partial charge in [-0.1, -0.05) is 52.0 Å².